The molecule has 12 aromatic rings. The number of hydrogen-bond acceptors (Lipinski definition) is 49. The van der Waals surface area contributed by atoms with Crippen molar-refractivity contribution in [3.05, 3.63) is 153 Å². The molecule has 5 aliphatic rings. The fourth-order valence-corrected chi connectivity index (χ4v) is 18.5. The van der Waals surface area contributed by atoms with Gasteiger partial charge in [0.15, 0.2) is 49.9 Å². The molecule has 0 radical (unpaired) electrons. The number of nitrogens with two attached hydrogens (primary N) is 4. The molecule has 3 amide bonds. The second-order valence-electron chi connectivity index (χ2n) is 34.2. The molecule has 5 saturated heterocycles. The number of ether oxygens (including phenoxy) is 3. The molecule has 0 spiro atoms. The van der Waals surface area contributed by atoms with Gasteiger partial charge in [0, 0.05) is 82.2 Å². The van der Waals surface area contributed by atoms with Crippen molar-refractivity contribution in [2.75, 3.05) is 81.6 Å². The SMILES string of the molecule is CC1(C)C(CC(=O)/C(=N\OC(COc2ccc3c(NCCN)nccc3c2)c2nn[nH]n2)c2csc(N)n2)C(=O)N1OS(=O)(=O)O.CC1(C)C(CC(=O)/C(=N\OC(COc2ccc3nc(CC4CCNCC4)ccc3c2)c2nn[nH]n2)c2csc(N)n2)C(=O)N1OS(=O)(=O)O.CC1(C)C(CC(=O)/C(=N\OC(COc2ccc3nc(CC4CNC4)ccc3c2)c2nn[nH]n2)c2csc(N)n2)C(=O)N1OS(=O)(=O)O. The number of nitrogens with zero attached hydrogens (tertiary/aromatic N) is 21. The number of carbonyl (C=O) groups is 6. The minimum absolute atomic E-state index is 0.0694. The molecule has 14 heterocycles. The van der Waals surface area contributed by atoms with Crippen LogP contribution in [0.4, 0.5) is 21.2 Å². The van der Waals surface area contributed by atoms with Crippen LogP contribution in [0.5, 0.6) is 17.2 Å². The number of nitrogen functional groups attached to an aromatic ring is 3. The van der Waals surface area contributed by atoms with E-state index in [4.69, 9.17) is 75.3 Å². The van der Waals surface area contributed by atoms with Crippen molar-refractivity contribution in [2.45, 2.75) is 121 Å². The van der Waals surface area contributed by atoms with Crippen molar-refractivity contribution < 1.29 is 109 Å². The van der Waals surface area contributed by atoms with Crippen LogP contribution in [0, 0.1) is 29.6 Å². The standard InChI is InChI=1S/C29H34N10O8S2.C27H30N10O8S2.C25H29N11O8S2/c1-29(2)20(27(41)39(29)47-49(42,43)44)13-23(40)25(22-15-48-28(30)33-22)36-46-24(26-34-37-38-35-26)14-45-19-5-6-21-17(12-19)3-4-18(32-21)11-16-7-9-31-10-8-16;1-27(2)18(25(39)37(27)45-47(40,41)42)9-21(38)23(20-13-46-26(28)31-20)34-44-22(24-32-35-36-33-24)12-43-17-5-6-19-15(8-17)3-4-16(30-19)7-14-10-29-11-14;1-25(2)16(23(38)36(25)44-46(39,40)41)10-18(37)20(17-12-45-24(27)30-17)33-43-19(22-31-34-35-32-22)11-42-14-3-4-15-13(9-14)5-7-28-21(15)29-8-6-26/h3-6,12,15-16,20,24,31H,7-11,13-14H2,1-2H3,(H2,30,33)(H,42,43,44)(H,34,35,37,38);3-6,8,13-14,18,22,29H,7,9-12H2,1-2H3,(H2,28,31)(H,40,41,42)(H,32,33,35,36);3-5,7,9,12,16,19H,6,8,10-11,26H2,1-2H3,(H2,27,30)(H,28,29)(H,39,40,41)(H,31,32,34,35)/b36-25-;34-23-;33-20-. The topological polar surface area (TPSA) is 776 Å². The Labute approximate surface area is 817 Å². The summed E-state index contributed by atoms with van der Waals surface area (Å²) in [6, 6.07) is 26.3. The van der Waals surface area contributed by atoms with Crippen molar-refractivity contribution in [1.82, 2.24) is 118 Å². The van der Waals surface area contributed by atoms with Gasteiger partial charge in [0.25, 0.3) is 17.7 Å². The van der Waals surface area contributed by atoms with Gasteiger partial charge in [-0.2, -0.15) is 56.1 Å². The molecule has 6 unspecified atom stereocenters. The smallest absolute Gasteiger partial charge is 0.418 e. The van der Waals surface area contributed by atoms with Gasteiger partial charge in [-0.3, -0.25) is 52.4 Å². The highest BCUT2D eigenvalue weighted by Crippen LogP contribution is 2.45. The number of piperidine rings is 1. The van der Waals surface area contributed by atoms with Crippen LogP contribution in [-0.4, -0.2) is 274 Å². The zero-order valence-electron chi connectivity index (χ0n) is 75.9. The van der Waals surface area contributed by atoms with Gasteiger partial charge >= 0.3 is 31.2 Å². The van der Waals surface area contributed by atoms with Crippen LogP contribution in [0.1, 0.15) is 138 Å². The number of tetrazole rings is 3. The summed E-state index contributed by atoms with van der Waals surface area (Å²) in [6.45, 7) is 13.5. The van der Waals surface area contributed by atoms with Crippen LogP contribution in [0.3, 0.4) is 0 Å². The van der Waals surface area contributed by atoms with Crippen LogP contribution in [0.15, 0.2) is 123 Å². The molecule has 142 heavy (non-hydrogen) atoms. The minimum Gasteiger partial charge on any atom is -0.489 e. The third-order valence-corrected chi connectivity index (χ3v) is 26.3. The summed E-state index contributed by atoms with van der Waals surface area (Å²) in [7, 11) is -14.9. The second-order valence-corrected chi connectivity index (χ2v) is 39.8. The van der Waals surface area contributed by atoms with Gasteiger partial charge in [-0.1, -0.05) is 43.2 Å². The number of fused-ring (bicyclic) bond motifs is 3. The first-order valence-electron chi connectivity index (χ1n) is 43.2. The lowest BCUT2D eigenvalue weighted by molar-refractivity contribution is -0.228. The second kappa shape index (κ2) is 43.6. The van der Waals surface area contributed by atoms with E-state index in [9.17, 15) is 54.0 Å². The Bertz CT molecular complexity index is 7070. The third kappa shape index (κ3) is 25.1. The van der Waals surface area contributed by atoms with Gasteiger partial charge < -0.3 is 67.6 Å². The zero-order chi connectivity index (χ0) is 101. The maximum absolute atomic E-state index is 13.6. The monoisotopic (exact) mass is 2080 g/mol. The molecule has 0 bridgehead atoms. The first-order valence-corrected chi connectivity index (χ1v) is 50.0. The Kier molecular flexibility index (Phi) is 31.4. The molecular formula is C81H93N31O24S6. The first kappa shape index (κ1) is 102. The number of oxime groups is 3. The number of aromatic amines is 3. The fraction of sp³-hybridized carbons (Fsp3) is 0.407. The van der Waals surface area contributed by atoms with Gasteiger partial charge in [0.1, 0.15) is 60.0 Å². The van der Waals surface area contributed by atoms with Gasteiger partial charge in [-0.15, -0.1) is 77.5 Å². The zero-order valence-corrected chi connectivity index (χ0v) is 80.8. The molecule has 6 atom stereocenters. The average molecular weight is 2080 g/mol. The van der Waals surface area contributed by atoms with Gasteiger partial charge in [-0.05, 0) is 183 Å². The lowest BCUT2D eigenvalue weighted by atomic mass is 9.74. The maximum Gasteiger partial charge on any atom is 0.418 e. The number of thiazole rings is 3. The summed E-state index contributed by atoms with van der Waals surface area (Å²) in [5, 5.41) is 73.6. The lowest BCUT2D eigenvalue weighted by Crippen LogP contribution is -2.68. The summed E-state index contributed by atoms with van der Waals surface area (Å²) < 4.78 is 125. The highest BCUT2D eigenvalue weighted by atomic mass is 32.3. The van der Waals surface area contributed by atoms with Crippen molar-refractivity contribution in [3.63, 3.8) is 0 Å². The number of hydrogen-bond donors (Lipinski definition) is 13. The van der Waals surface area contributed by atoms with Crippen molar-refractivity contribution >= 4 is 171 Å². The highest BCUT2D eigenvalue weighted by Gasteiger charge is 2.60. The van der Waals surface area contributed by atoms with Crippen LogP contribution < -0.4 is 53.1 Å². The number of amides is 3. The number of anilines is 4. The molecule has 9 aromatic heterocycles. The summed E-state index contributed by atoms with van der Waals surface area (Å²) >= 11 is 3.17. The molecule has 0 saturated carbocycles. The number of pyridine rings is 3. The van der Waals surface area contributed by atoms with Gasteiger partial charge in [0.2, 0.25) is 35.8 Å². The number of Topliss-reactive ketones (excluding diaryl/α,β-unsaturated/α-hetero) is 3. The summed E-state index contributed by atoms with van der Waals surface area (Å²) in [4.78, 5) is 122. The average Bonchev–Trinajstić information content (AvgIpc) is 1.73. The number of H-pyrrole nitrogens is 3. The number of ketones is 3. The normalized spacial score (nSPS) is 18.4. The molecule has 0 aliphatic carbocycles. The molecule has 17 rings (SSSR count). The van der Waals surface area contributed by atoms with E-state index in [-0.39, 0.29) is 86.9 Å². The Balaban J connectivity index is 0.000000161. The molecule has 5 aliphatic heterocycles. The maximum atomic E-state index is 13.6. The summed E-state index contributed by atoms with van der Waals surface area (Å²) in [5.41, 5.74) is 22.5. The van der Waals surface area contributed by atoms with Crippen LogP contribution in [0.2, 0.25) is 0 Å². The number of hydroxylamine groups is 6. The number of carbonyl (C=O) groups excluding carboxylic acids is 6. The van der Waals surface area contributed by atoms with Crippen LogP contribution in [0.25, 0.3) is 32.6 Å². The number of β-lactam (4-membered cyclic amide) rings is 3. The third-order valence-electron chi connectivity index (χ3n) is 23.3. The van der Waals surface area contributed by atoms with E-state index in [1.165, 1.54) is 57.7 Å². The van der Waals surface area contributed by atoms with E-state index in [0.29, 0.717) is 63.2 Å². The van der Waals surface area contributed by atoms with E-state index in [0.717, 1.165) is 130 Å². The van der Waals surface area contributed by atoms with Crippen molar-refractivity contribution in [2.24, 2.45) is 50.8 Å². The van der Waals surface area contributed by atoms with Crippen molar-refractivity contribution in [3.8, 4) is 17.2 Å². The molecular weight excluding hydrogens is 1980 g/mol. The first-order chi connectivity index (χ1) is 67.6. The van der Waals surface area contributed by atoms with Crippen LogP contribution in [-0.2, 0) is 100 Å². The number of nitrogens with one attached hydrogen (secondary N) is 6. The predicted molar refractivity (Wildman–Crippen MR) is 502 cm³/mol. The highest BCUT2D eigenvalue weighted by molar-refractivity contribution is 7.81. The lowest BCUT2D eigenvalue weighted by Gasteiger charge is -2.50. The molecule has 55 nitrogen and oxygen atoms in total. The van der Waals surface area contributed by atoms with E-state index >= 15 is 0 Å². The largest absolute Gasteiger partial charge is 0.489 e. The van der Waals surface area contributed by atoms with Gasteiger partial charge in [-0.25, -0.2) is 19.9 Å². The molecule has 17 N–H and O–H groups in total. The quantitative estimate of drug-likeness (QED) is 0.0113. The number of rotatable bonds is 43. The van der Waals surface area contributed by atoms with E-state index < -0.39 is 138 Å². The van der Waals surface area contributed by atoms with E-state index in [2.05, 4.69) is 126 Å². The molecule has 752 valence electrons. The predicted octanol–water partition coefficient (Wildman–Crippen LogP) is 3.45. The molecule has 3 aromatic carbocycles. The van der Waals surface area contributed by atoms with E-state index in [1.807, 2.05) is 60.7 Å². The van der Waals surface area contributed by atoms with Crippen molar-refractivity contribution in [1.29, 1.82) is 0 Å². The van der Waals surface area contributed by atoms with Crippen LogP contribution >= 0.6 is 34.0 Å². The minimum atomic E-state index is -4.97. The Hall–Kier alpha value is -14.1. The Morgan fingerprint density at radius 2 is 0.859 bits per heavy atom. The van der Waals surface area contributed by atoms with E-state index in [1.54, 1.807) is 30.5 Å². The number of aromatic nitrogens is 18. The molecule has 5 fully saturated rings. The summed E-state index contributed by atoms with van der Waals surface area (Å²) in [5.74, 6) is -3.84. The number of benzene rings is 3. The fourth-order valence-electron chi connectivity index (χ4n) is 15.5. The summed E-state index contributed by atoms with van der Waals surface area (Å²) in [6.07, 6.45) is 1.40. The van der Waals surface area contributed by atoms with Gasteiger partial charge in [0.05, 0.1) is 45.4 Å². The molecule has 61 heteroatoms. The Morgan fingerprint density at radius 3 is 1.18 bits per heavy atom. The Morgan fingerprint density at radius 1 is 0.493 bits per heavy atom.